The van der Waals surface area contributed by atoms with Crippen LogP contribution in [-0.2, 0) is 6.54 Å². The lowest BCUT2D eigenvalue weighted by Crippen LogP contribution is -2.32. The van der Waals surface area contributed by atoms with E-state index in [-0.39, 0.29) is 5.82 Å². The van der Waals surface area contributed by atoms with Gasteiger partial charge in [-0.05, 0) is 36.8 Å². The van der Waals surface area contributed by atoms with Crippen molar-refractivity contribution in [3.05, 3.63) is 59.4 Å². The van der Waals surface area contributed by atoms with Crippen LogP contribution >= 0.6 is 0 Å². The van der Waals surface area contributed by atoms with Crippen molar-refractivity contribution in [2.75, 3.05) is 11.6 Å². The number of hydrogen-bond donors (Lipinski definition) is 0. The molecule has 3 heteroatoms. The highest BCUT2D eigenvalue weighted by molar-refractivity contribution is 5.51. The van der Waals surface area contributed by atoms with Gasteiger partial charge in [-0.2, -0.15) is 0 Å². The lowest BCUT2D eigenvalue weighted by molar-refractivity contribution is 0.287. The molecule has 1 aliphatic heterocycles. The van der Waals surface area contributed by atoms with E-state index >= 15 is 0 Å². The van der Waals surface area contributed by atoms with Crippen LogP contribution in [0.25, 0.3) is 0 Å². The summed E-state index contributed by atoms with van der Waals surface area (Å²) in [5.41, 5.74) is 3.31. The average molecular weight is 243 g/mol. The molecule has 0 spiro atoms. The number of anilines is 1. The van der Waals surface area contributed by atoms with E-state index in [1.807, 2.05) is 19.1 Å². The Hall–Kier alpha value is -2.03. The number of rotatable bonds is 1. The van der Waals surface area contributed by atoms with Crippen molar-refractivity contribution in [1.82, 2.24) is 0 Å². The van der Waals surface area contributed by atoms with Gasteiger partial charge in [0.15, 0.2) is 6.73 Å². The first-order valence-electron chi connectivity index (χ1n) is 5.96. The Morgan fingerprint density at radius 2 is 1.89 bits per heavy atom. The number of benzene rings is 2. The van der Waals surface area contributed by atoms with Crippen LogP contribution in [0, 0.1) is 12.7 Å². The quantitative estimate of drug-likeness (QED) is 0.760. The predicted octanol–water partition coefficient (Wildman–Crippen LogP) is 3.49. The summed E-state index contributed by atoms with van der Waals surface area (Å²) in [7, 11) is 0. The fraction of sp³-hybridized carbons (Fsp3) is 0.200. The van der Waals surface area contributed by atoms with Gasteiger partial charge in [-0.3, -0.25) is 0 Å². The van der Waals surface area contributed by atoms with Gasteiger partial charge in [0, 0.05) is 17.8 Å². The first kappa shape index (κ1) is 11.1. The zero-order valence-corrected chi connectivity index (χ0v) is 10.2. The number of halogens is 1. The SMILES string of the molecule is Cc1cccc2c1OCN(c1ccc(F)cc1)C2. The molecule has 18 heavy (non-hydrogen) atoms. The van der Waals surface area contributed by atoms with Crippen LogP contribution in [0.4, 0.5) is 10.1 Å². The molecule has 0 saturated heterocycles. The third-order valence-electron chi connectivity index (χ3n) is 3.21. The summed E-state index contributed by atoms with van der Waals surface area (Å²) in [6.45, 7) is 3.35. The Labute approximate surface area is 106 Å². The van der Waals surface area contributed by atoms with E-state index in [9.17, 15) is 4.39 Å². The summed E-state index contributed by atoms with van der Waals surface area (Å²) >= 11 is 0. The second-order valence-corrected chi connectivity index (χ2v) is 4.51. The van der Waals surface area contributed by atoms with Crippen molar-refractivity contribution in [3.63, 3.8) is 0 Å². The van der Waals surface area contributed by atoms with Gasteiger partial charge in [-0.25, -0.2) is 4.39 Å². The molecule has 3 rings (SSSR count). The summed E-state index contributed by atoms with van der Waals surface area (Å²) in [6.07, 6.45) is 0. The van der Waals surface area contributed by atoms with E-state index in [1.54, 1.807) is 12.1 Å². The molecule has 0 unspecified atom stereocenters. The summed E-state index contributed by atoms with van der Waals surface area (Å²) in [5, 5.41) is 0. The lowest BCUT2D eigenvalue weighted by atomic mass is 10.1. The number of para-hydroxylation sites is 1. The molecule has 1 aliphatic rings. The van der Waals surface area contributed by atoms with Gasteiger partial charge in [-0.15, -0.1) is 0 Å². The largest absolute Gasteiger partial charge is 0.472 e. The van der Waals surface area contributed by atoms with Crippen LogP contribution in [-0.4, -0.2) is 6.73 Å². The molecule has 0 aliphatic carbocycles. The van der Waals surface area contributed by atoms with Gasteiger partial charge in [0.25, 0.3) is 0 Å². The highest BCUT2D eigenvalue weighted by Crippen LogP contribution is 2.30. The normalized spacial score (nSPS) is 14.0. The first-order valence-corrected chi connectivity index (χ1v) is 5.96. The number of ether oxygens (including phenoxy) is 1. The Kier molecular flexibility index (Phi) is 2.67. The molecule has 92 valence electrons. The van der Waals surface area contributed by atoms with E-state index in [0.29, 0.717) is 6.73 Å². The summed E-state index contributed by atoms with van der Waals surface area (Å²) in [5.74, 6) is 0.767. The molecule has 0 radical (unpaired) electrons. The van der Waals surface area contributed by atoms with Crippen molar-refractivity contribution >= 4 is 5.69 Å². The molecule has 1 heterocycles. The van der Waals surface area contributed by atoms with Crippen LogP contribution in [0.5, 0.6) is 5.75 Å². The second kappa shape index (κ2) is 4.33. The van der Waals surface area contributed by atoms with E-state index in [2.05, 4.69) is 11.0 Å². The van der Waals surface area contributed by atoms with Crippen LogP contribution in [0.3, 0.4) is 0 Å². The molecule has 2 aromatic carbocycles. The topological polar surface area (TPSA) is 12.5 Å². The van der Waals surface area contributed by atoms with Crippen molar-refractivity contribution in [1.29, 1.82) is 0 Å². The molecular formula is C15H14FNO. The minimum atomic E-state index is -0.215. The Morgan fingerprint density at radius 3 is 2.67 bits per heavy atom. The Bertz CT molecular complexity index is 565. The molecule has 2 nitrogen and oxygen atoms in total. The van der Waals surface area contributed by atoms with Gasteiger partial charge >= 0.3 is 0 Å². The second-order valence-electron chi connectivity index (χ2n) is 4.51. The third-order valence-corrected chi connectivity index (χ3v) is 3.21. The number of fused-ring (bicyclic) bond motifs is 1. The smallest absolute Gasteiger partial charge is 0.161 e. The number of aryl methyl sites for hydroxylation is 1. The minimum Gasteiger partial charge on any atom is -0.472 e. The Balaban J connectivity index is 1.89. The highest BCUT2D eigenvalue weighted by Gasteiger charge is 2.18. The van der Waals surface area contributed by atoms with Gasteiger partial charge in [0.2, 0.25) is 0 Å². The van der Waals surface area contributed by atoms with Crippen LogP contribution in [0.1, 0.15) is 11.1 Å². The molecule has 0 atom stereocenters. The standard InChI is InChI=1S/C15H14FNO/c1-11-3-2-4-12-9-17(10-18-15(11)12)14-7-5-13(16)6-8-14/h2-8H,9-10H2,1H3. The average Bonchev–Trinajstić information content (AvgIpc) is 2.39. The van der Waals surface area contributed by atoms with Crippen LogP contribution in [0.2, 0.25) is 0 Å². The zero-order valence-electron chi connectivity index (χ0n) is 10.2. The van der Waals surface area contributed by atoms with E-state index < -0.39 is 0 Å². The number of nitrogens with zero attached hydrogens (tertiary/aromatic N) is 1. The van der Waals surface area contributed by atoms with Crippen molar-refractivity contribution in [2.24, 2.45) is 0 Å². The minimum absolute atomic E-state index is 0.215. The fourth-order valence-corrected chi connectivity index (χ4v) is 2.26. The summed E-state index contributed by atoms with van der Waals surface area (Å²) < 4.78 is 18.7. The lowest BCUT2D eigenvalue weighted by Gasteiger charge is -2.31. The van der Waals surface area contributed by atoms with Crippen molar-refractivity contribution in [3.8, 4) is 5.75 Å². The van der Waals surface area contributed by atoms with Gasteiger partial charge in [0.05, 0.1) is 0 Å². The van der Waals surface area contributed by atoms with Crippen molar-refractivity contribution in [2.45, 2.75) is 13.5 Å². The monoisotopic (exact) mass is 243 g/mol. The van der Waals surface area contributed by atoms with E-state index in [1.165, 1.54) is 17.7 Å². The summed E-state index contributed by atoms with van der Waals surface area (Å²) in [4.78, 5) is 2.08. The summed E-state index contributed by atoms with van der Waals surface area (Å²) in [6, 6.07) is 12.7. The zero-order chi connectivity index (χ0) is 12.5. The third kappa shape index (κ3) is 1.92. The molecule has 0 N–H and O–H groups in total. The highest BCUT2D eigenvalue weighted by atomic mass is 19.1. The molecule has 0 saturated carbocycles. The predicted molar refractivity (Wildman–Crippen MR) is 69.3 cm³/mol. The fourth-order valence-electron chi connectivity index (χ4n) is 2.26. The van der Waals surface area contributed by atoms with Gasteiger partial charge in [-0.1, -0.05) is 18.2 Å². The maximum Gasteiger partial charge on any atom is 0.161 e. The van der Waals surface area contributed by atoms with Gasteiger partial charge < -0.3 is 9.64 Å². The maximum atomic E-state index is 12.9. The number of hydrogen-bond acceptors (Lipinski definition) is 2. The first-order chi connectivity index (χ1) is 8.74. The Morgan fingerprint density at radius 1 is 1.11 bits per heavy atom. The molecule has 0 bridgehead atoms. The molecule has 0 fully saturated rings. The molecule has 0 aromatic heterocycles. The maximum absolute atomic E-state index is 12.9. The molecule has 2 aromatic rings. The van der Waals surface area contributed by atoms with E-state index in [0.717, 1.165) is 23.5 Å². The van der Waals surface area contributed by atoms with Crippen LogP contribution < -0.4 is 9.64 Å². The molecular weight excluding hydrogens is 229 g/mol. The van der Waals surface area contributed by atoms with Crippen molar-refractivity contribution < 1.29 is 9.13 Å². The van der Waals surface area contributed by atoms with E-state index in [4.69, 9.17) is 4.74 Å². The molecule has 0 amide bonds. The van der Waals surface area contributed by atoms with Crippen LogP contribution in [0.15, 0.2) is 42.5 Å². The van der Waals surface area contributed by atoms with Gasteiger partial charge in [0.1, 0.15) is 11.6 Å².